The number of rotatable bonds is 3. The molecule has 0 heterocycles. The van der Waals surface area contributed by atoms with Crippen LogP contribution < -0.4 is 0 Å². The molecule has 1 N–H and O–H groups in total. The first kappa shape index (κ1) is 14.4. The first-order valence-electron chi connectivity index (χ1n) is 7.17. The van der Waals surface area contributed by atoms with E-state index >= 15 is 0 Å². The standard InChI is InChI=1S/C16H22F2O/c1-3-11-5-7-12(8-6-11)16(19)13-9-4-10(2)14(17)15(13)18/h4,9,11-12,16,19H,3,5-8H2,1-2H3. The molecule has 1 saturated carbocycles. The summed E-state index contributed by atoms with van der Waals surface area (Å²) in [7, 11) is 0. The monoisotopic (exact) mass is 268 g/mol. The quantitative estimate of drug-likeness (QED) is 0.854. The van der Waals surface area contributed by atoms with E-state index in [1.165, 1.54) is 19.1 Å². The first-order chi connectivity index (χ1) is 9.04. The van der Waals surface area contributed by atoms with Crippen LogP contribution in [-0.2, 0) is 0 Å². The van der Waals surface area contributed by atoms with E-state index in [0.717, 1.165) is 38.0 Å². The minimum Gasteiger partial charge on any atom is -0.388 e. The van der Waals surface area contributed by atoms with Gasteiger partial charge in [0, 0.05) is 5.56 Å². The fourth-order valence-corrected chi connectivity index (χ4v) is 3.06. The number of aliphatic hydroxyl groups is 1. The third-order valence-electron chi connectivity index (χ3n) is 4.54. The van der Waals surface area contributed by atoms with Crippen molar-refractivity contribution in [2.45, 2.75) is 52.1 Å². The maximum absolute atomic E-state index is 13.9. The average Bonchev–Trinajstić information content (AvgIpc) is 2.44. The predicted molar refractivity (Wildman–Crippen MR) is 71.8 cm³/mol. The van der Waals surface area contributed by atoms with Gasteiger partial charge in [0.2, 0.25) is 0 Å². The van der Waals surface area contributed by atoms with Gasteiger partial charge in [0.15, 0.2) is 11.6 Å². The second kappa shape index (κ2) is 6.00. The van der Waals surface area contributed by atoms with E-state index < -0.39 is 17.7 Å². The summed E-state index contributed by atoms with van der Waals surface area (Å²) in [5, 5.41) is 10.3. The summed E-state index contributed by atoms with van der Waals surface area (Å²) in [6, 6.07) is 3.05. The zero-order valence-electron chi connectivity index (χ0n) is 11.6. The maximum Gasteiger partial charge on any atom is 0.164 e. The van der Waals surface area contributed by atoms with Crippen LogP contribution in [0.4, 0.5) is 8.78 Å². The molecule has 106 valence electrons. The van der Waals surface area contributed by atoms with E-state index in [4.69, 9.17) is 0 Å². The van der Waals surface area contributed by atoms with Crippen molar-refractivity contribution < 1.29 is 13.9 Å². The third kappa shape index (κ3) is 2.97. The van der Waals surface area contributed by atoms with Crippen molar-refractivity contribution in [3.8, 4) is 0 Å². The van der Waals surface area contributed by atoms with Crippen molar-refractivity contribution >= 4 is 0 Å². The molecule has 0 radical (unpaired) electrons. The van der Waals surface area contributed by atoms with Gasteiger partial charge < -0.3 is 5.11 Å². The van der Waals surface area contributed by atoms with Crippen molar-refractivity contribution in [3.05, 3.63) is 34.9 Å². The van der Waals surface area contributed by atoms with E-state index in [-0.39, 0.29) is 17.0 Å². The zero-order chi connectivity index (χ0) is 14.0. The van der Waals surface area contributed by atoms with Crippen molar-refractivity contribution in [1.29, 1.82) is 0 Å². The molecule has 1 atom stereocenters. The molecule has 1 nitrogen and oxygen atoms in total. The van der Waals surface area contributed by atoms with Crippen molar-refractivity contribution in [2.24, 2.45) is 11.8 Å². The SMILES string of the molecule is CCC1CCC(C(O)c2ccc(C)c(F)c2F)CC1. The minimum absolute atomic E-state index is 0.0550. The first-order valence-corrected chi connectivity index (χ1v) is 7.17. The van der Waals surface area contributed by atoms with Gasteiger partial charge in [-0.25, -0.2) is 8.78 Å². The fraction of sp³-hybridized carbons (Fsp3) is 0.625. The van der Waals surface area contributed by atoms with E-state index in [1.54, 1.807) is 0 Å². The van der Waals surface area contributed by atoms with Gasteiger partial charge in [-0.2, -0.15) is 0 Å². The smallest absolute Gasteiger partial charge is 0.164 e. The number of aryl methyl sites for hydroxylation is 1. The van der Waals surface area contributed by atoms with Gasteiger partial charge >= 0.3 is 0 Å². The van der Waals surface area contributed by atoms with E-state index in [0.29, 0.717) is 0 Å². The lowest BCUT2D eigenvalue weighted by atomic mass is 9.77. The average molecular weight is 268 g/mol. The molecule has 1 aliphatic carbocycles. The molecule has 0 aliphatic heterocycles. The highest BCUT2D eigenvalue weighted by atomic mass is 19.2. The van der Waals surface area contributed by atoms with Crippen LogP contribution in [0, 0.1) is 30.4 Å². The van der Waals surface area contributed by atoms with Crippen LogP contribution in [0.15, 0.2) is 12.1 Å². The Bertz CT molecular complexity index is 437. The van der Waals surface area contributed by atoms with Crippen molar-refractivity contribution in [3.63, 3.8) is 0 Å². The third-order valence-corrected chi connectivity index (χ3v) is 4.54. The molecule has 2 rings (SSSR count). The predicted octanol–water partition coefficient (Wildman–Crippen LogP) is 4.52. The highest BCUT2D eigenvalue weighted by molar-refractivity contribution is 5.27. The molecular formula is C16H22F2O. The van der Waals surface area contributed by atoms with Crippen LogP contribution >= 0.6 is 0 Å². The van der Waals surface area contributed by atoms with Gasteiger partial charge in [0.25, 0.3) is 0 Å². The van der Waals surface area contributed by atoms with Gasteiger partial charge in [-0.3, -0.25) is 0 Å². The Hall–Kier alpha value is -0.960. The van der Waals surface area contributed by atoms with Crippen LogP contribution in [0.2, 0.25) is 0 Å². The molecular weight excluding hydrogens is 246 g/mol. The minimum atomic E-state index is -0.884. The summed E-state index contributed by atoms with van der Waals surface area (Å²) in [4.78, 5) is 0. The Morgan fingerprint density at radius 2 is 1.79 bits per heavy atom. The van der Waals surface area contributed by atoms with E-state index in [1.807, 2.05) is 0 Å². The van der Waals surface area contributed by atoms with Gasteiger partial charge in [-0.15, -0.1) is 0 Å². The van der Waals surface area contributed by atoms with Crippen LogP contribution in [0.25, 0.3) is 0 Å². The molecule has 0 saturated heterocycles. The van der Waals surface area contributed by atoms with Crippen LogP contribution in [0.3, 0.4) is 0 Å². The molecule has 3 heteroatoms. The second-order valence-corrected chi connectivity index (χ2v) is 5.73. The Morgan fingerprint density at radius 3 is 2.37 bits per heavy atom. The highest BCUT2D eigenvalue weighted by Gasteiger charge is 2.29. The second-order valence-electron chi connectivity index (χ2n) is 5.73. The largest absolute Gasteiger partial charge is 0.388 e. The lowest BCUT2D eigenvalue weighted by Crippen LogP contribution is -2.21. The normalized spacial score (nSPS) is 25.3. The van der Waals surface area contributed by atoms with Crippen LogP contribution in [0.5, 0.6) is 0 Å². The van der Waals surface area contributed by atoms with Gasteiger partial charge in [0.1, 0.15) is 0 Å². The zero-order valence-corrected chi connectivity index (χ0v) is 11.6. The molecule has 0 amide bonds. The number of aliphatic hydroxyl groups excluding tert-OH is 1. The molecule has 1 aromatic rings. The summed E-state index contributed by atoms with van der Waals surface area (Å²) < 4.78 is 27.4. The lowest BCUT2D eigenvalue weighted by Gasteiger charge is -2.31. The molecule has 0 aromatic heterocycles. The Morgan fingerprint density at radius 1 is 1.16 bits per heavy atom. The summed E-state index contributed by atoms with van der Waals surface area (Å²) in [6.07, 6.45) is 4.23. The lowest BCUT2D eigenvalue weighted by molar-refractivity contribution is 0.0694. The van der Waals surface area contributed by atoms with Gasteiger partial charge in [0.05, 0.1) is 6.10 Å². The number of hydrogen-bond donors (Lipinski definition) is 1. The summed E-state index contributed by atoms with van der Waals surface area (Å²) in [5.74, 6) is -0.939. The Balaban J connectivity index is 2.12. The van der Waals surface area contributed by atoms with Crippen LogP contribution in [0.1, 0.15) is 56.3 Å². The fourth-order valence-electron chi connectivity index (χ4n) is 3.06. The van der Waals surface area contributed by atoms with Gasteiger partial charge in [-0.1, -0.05) is 38.3 Å². The summed E-state index contributed by atoms with van der Waals surface area (Å²) in [5.41, 5.74) is 0.395. The number of benzene rings is 1. The van der Waals surface area contributed by atoms with E-state index in [2.05, 4.69) is 6.92 Å². The van der Waals surface area contributed by atoms with Crippen LogP contribution in [-0.4, -0.2) is 5.11 Å². The Labute approximate surface area is 113 Å². The topological polar surface area (TPSA) is 20.2 Å². The number of halogens is 2. The van der Waals surface area contributed by atoms with Crippen molar-refractivity contribution in [2.75, 3.05) is 0 Å². The molecule has 19 heavy (non-hydrogen) atoms. The summed E-state index contributed by atoms with van der Waals surface area (Å²) >= 11 is 0. The molecule has 0 bridgehead atoms. The maximum atomic E-state index is 13.9. The number of hydrogen-bond acceptors (Lipinski definition) is 1. The van der Waals surface area contributed by atoms with E-state index in [9.17, 15) is 13.9 Å². The highest BCUT2D eigenvalue weighted by Crippen LogP contribution is 2.38. The molecule has 1 aliphatic rings. The summed E-state index contributed by atoms with van der Waals surface area (Å²) in [6.45, 7) is 3.71. The molecule has 1 unspecified atom stereocenters. The van der Waals surface area contributed by atoms with Gasteiger partial charge in [-0.05, 0) is 37.2 Å². The molecule has 1 fully saturated rings. The van der Waals surface area contributed by atoms with Crippen molar-refractivity contribution in [1.82, 2.24) is 0 Å². The molecule has 0 spiro atoms. The molecule has 1 aromatic carbocycles. The Kier molecular flexibility index (Phi) is 4.56.